The van der Waals surface area contributed by atoms with Crippen LogP contribution < -0.4 is 5.32 Å². The molecular formula is C16H19NO2S2. The standard InChI is InChI=1S/C16H19NO2S2/c18-21(19)10-4-7-15(21)12-17-11-14-8-9-16(20-14)13-5-2-1-3-6-13/h1-3,5-6,8-9,15,17H,4,7,10-12H2. The third kappa shape index (κ3) is 3.54. The van der Waals surface area contributed by atoms with Crippen molar-refractivity contribution in [2.45, 2.75) is 24.6 Å². The van der Waals surface area contributed by atoms with Gasteiger partial charge in [0.2, 0.25) is 0 Å². The van der Waals surface area contributed by atoms with E-state index < -0.39 is 9.84 Å². The molecule has 1 atom stereocenters. The summed E-state index contributed by atoms with van der Waals surface area (Å²) in [7, 11) is -2.84. The zero-order chi connectivity index (χ0) is 14.7. The Balaban J connectivity index is 1.56. The zero-order valence-electron chi connectivity index (χ0n) is 11.8. The molecule has 3 nitrogen and oxygen atoms in total. The van der Waals surface area contributed by atoms with Crippen molar-refractivity contribution in [3.8, 4) is 10.4 Å². The third-order valence-corrected chi connectivity index (χ3v) is 7.26. The Morgan fingerprint density at radius 1 is 1.14 bits per heavy atom. The van der Waals surface area contributed by atoms with Crippen LogP contribution in [0.3, 0.4) is 0 Å². The number of thiophene rings is 1. The fourth-order valence-corrected chi connectivity index (χ4v) is 5.46. The van der Waals surface area contributed by atoms with Crippen molar-refractivity contribution < 1.29 is 8.42 Å². The highest BCUT2D eigenvalue weighted by Crippen LogP contribution is 2.27. The summed E-state index contributed by atoms with van der Waals surface area (Å²) >= 11 is 1.76. The highest BCUT2D eigenvalue weighted by molar-refractivity contribution is 7.92. The molecule has 2 heterocycles. The van der Waals surface area contributed by atoms with E-state index in [9.17, 15) is 8.42 Å². The van der Waals surface area contributed by atoms with Gasteiger partial charge in [-0.3, -0.25) is 0 Å². The van der Waals surface area contributed by atoms with Crippen LogP contribution in [0.1, 0.15) is 17.7 Å². The molecule has 1 aromatic carbocycles. The van der Waals surface area contributed by atoms with Gasteiger partial charge in [-0.25, -0.2) is 8.42 Å². The quantitative estimate of drug-likeness (QED) is 0.920. The fourth-order valence-electron chi connectivity index (χ4n) is 2.67. The van der Waals surface area contributed by atoms with Crippen molar-refractivity contribution in [1.29, 1.82) is 0 Å². The SMILES string of the molecule is O=S1(=O)CCCC1CNCc1ccc(-c2ccccc2)s1. The number of rotatable bonds is 5. The van der Waals surface area contributed by atoms with Crippen LogP contribution in [0.15, 0.2) is 42.5 Å². The first-order valence-corrected chi connectivity index (χ1v) is 9.75. The maximum absolute atomic E-state index is 11.8. The van der Waals surface area contributed by atoms with Gasteiger partial charge in [0.15, 0.2) is 9.84 Å². The molecule has 1 aliphatic heterocycles. The molecule has 0 aliphatic carbocycles. The van der Waals surface area contributed by atoms with Crippen LogP contribution in [0.2, 0.25) is 0 Å². The lowest BCUT2D eigenvalue weighted by atomic mass is 10.2. The van der Waals surface area contributed by atoms with E-state index in [2.05, 4.69) is 29.6 Å². The molecule has 112 valence electrons. The lowest BCUT2D eigenvalue weighted by molar-refractivity contribution is 0.575. The minimum absolute atomic E-state index is 0.189. The lowest BCUT2D eigenvalue weighted by Crippen LogP contribution is -2.29. The molecule has 0 spiro atoms. The summed E-state index contributed by atoms with van der Waals surface area (Å²) < 4.78 is 23.5. The van der Waals surface area contributed by atoms with Crippen LogP contribution in [0.5, 0.6) is 0 Å². The maximum Gasteiger partial charge on any atom is 0.154 e. The molecule has 1 N–H and O–H groups in total. The van der Waals surface area contributed by atoms with Crippen LogP contribution in [-0.4, -0.2) is 26.0 Å². The number of benzene rings is 1. The van der Waals surface area contributed by atoms with E-state index in [1.807, 2.05) is 18.2 Å². The molecule has 3 rings (SSSR count). The number of hydrogen-bond acceptors (Lipinski definition) is 4. The summed E-state index contributed by atoms with van der Waals surface area (Å²) in [5.74, 6) is 0.358. The third-order valence-electron chi connectivity index (χ3n) is 3.85. The Morgan fingerprint density at radius 2 is 1.95 bits per heavy atom. The molecule has 1 aromatic heterocycles. The summed E-state index contributed by atoms with van der Waals surface area (Å²) in [6.45, 7) is 1.31. The van der Waals surface area contributed by atoms with Crippen LogP contribution in [0.25, 0.3) is 10.4 Å². The molecule has 1 aliphatic rings. The minimum atomic E-state index is -2.84. The summed E-state index contributed by atoms with van der Waals surface area (Å²) in [6.07, 6.45) is 1.61. The zero-order valence-corrected chi connectivity index (χ0v) is 13.4. The molecule has 2 aromatic rings. The molecule has 1 unspecified atom stereocenters. The van der Waals surface area contributed by atoms with Crippen molar-refractivity contribution in [1.82, 2.24) is 5.32 Å². The molecule has 0 radical (unpaired) electrons. The van der Waals surface area contributed by atoms with Crippen LogP contribution in [0.4, 0.5) is 0 Å². The fraction of sp³-hybridized carbons (Fsp3) is 0.375. The van der Waals surface area contributed by atoms with Crippen molar-refractivity contribution >= 4 is 21.2 Å². The number of hydrogen-bond donors (Lipinski definition) is 1. The average Bonchev–Trinajstić information content (AvgIpc) is 3.07. The molecule has 0 amide bonds. The Labute approximate surface area is 129 Å². The van der Waals surface area contributed by atoms with Crippen molar-refractivity contribution in [2.75, 3.05) is 12.3 Å². The van der Waals surface area contributed by atoms with Gasteiger partial charge in [0.05, 0.1) is 11.0 Å². The summed E-state index contributed by atoms with van der Waals surface area (Å²) in [6, 6.07) is 14.5. The summed E-state index contributed by atoms with van der Waals surface area (Å²) in [4.78, 5) is 2.49. The monoisotopic (exact) mass is 321 g/mol. The van der Waals surface area contributed by atoms with E-state index in [0.29, 0.717) is 12.3 Å². The first-order chi connectivity index (χ1) is 10.1. The molecule has 21 heavy (non-hydrogen) atoms. The average molecular weight is 321 g/mol. The van der Waals surface area contributed by atoms with Crippen molar-refractivity contribution in [3.05, 3.63) is 47.3 Å². The normalized spacial score (nSPS) is 20.7. The van der Waals surface area contributed by atoms with E-state index in [0.717, 1.165) is 19.4 Å². The van der Waals surface area contributed by atoms with E-state index in [1.54, 1.807) is 11.3 Å². The van der Waals surface area contributed by atoms with Crippen LogP contribution in [-0.2, 0) is 16.4 Å². The molecule has 5 heteroatoms. The Bertz CT molecular complexity index is 692. The first-order valence-electron chi connectivity index (χ1n) is 7.21. The van der Waals surface area contributed by atoms with Gasteiger partial charge < -0.3 is 5.32 Å². The molecule has 1 fully saturated rings. The lowest BCUT2D eigenvalue weighted by Gasteiger charge is -2.09. The van der Waals surface area contributed by atoms with Gasteiger partial charge in [-0.1, -0.05) is 30.3 Å². The van der Waals surface area contributed by atoms with E-state index in [4.69, 9.17) is 0 Å². The molecule has 0 saturated carbocycles. The predicted octanol–water partition coefficient (Wildman–Crippen LogP) is 3.08. The topological polar surface area (TPSA) is 46.2 Å². The number of sulfone groups is 1. The molecular weight excluding hydrogens is 302 g/mol. The van der Waals surface area contributed by atoms with Gasteiger partial charge in [-0.2, -0.15) is 0 Å². The Hall–Kier alpha value is -1.17. The van der Waals surface area contributed by atoms with E-state index in [-0.39, 0.29) is 5.25 Å². The first kappa shape index (κ1) is 14.8. The summed E-state index contributed by atoms with van der Waals surface area (Å²) in [5.41, 5.74) is 1.23. The van der Waals surface area contributed by atoms with E-state index >= 15 is 0 Å². The predicted molar refractivity (Wildman–Crippen MR) is 88.3 cm³/mol. The van der Waals surface area contributed by atoms with Gasteiger partial charge >= 0.3 is 0 Å². The highest BCUT2D eigenvalue weighted by Gasteiger charge is 2.30. The highest BCUT2D eigenvalue weighted by atomic mass is 32.2. The van der Waals surface area contributed by atoms with Crippen molar-refractivity contribution in [3.63, 3.8) is 0 Å². The van der Waals surface area contributed by atoms with Crippen LogP contribution >= 0.6 is 11.3 Å². The largest absolute Gasteiger partial charge is 0.311 e. The second-order valence-corrected chi connectivity index (χ2v) is 8.96. The molecule has 0 bridgehead atoms. The summed E-state index contributed by atoms with van der Waals surface area (Å²) in [5, 5.41) is 3.11. The second kappa shape index (κ2) is 6.30. The molecule has 1 saturated heterocycles. The van der Waals surface area contributed by atoms with Gasteiger partial charge in [0, 0.05) is 22.8 Å². The van der Waals surface area contributed by atoms with Crippen molar-refractivity contribution in [2.24, 2.45) is 0 Å². The van der Waals surface area contributed by atoms with Gasteiger partial charge in [0.25, 0.3) is 0 Å². The Kier molecular flexibility index (Phi) is 4.42. The van der Waals surface area contributed by atoms with Gasteiger partial charge in [0.1, 0.15) is 0 Å². The van der Waals surface area contributed by atoms with E-state index in [1.165, 1.54) is 15.3 Å². The van der Waals surface area contributed by atoms with Crippen LogP contribution in [0, 0.1) is 0 Å². The second-order valence-electron chi connectivity index (χ2n) is 5.39. The minimum Gasteiger partial charge on any atom is -0.311 e. The van der Waals surface area contributed by atoms with Gasteiger partial charge in [-0.15, -0.1) is 11.3 Å². The van der Waals surface area contributed by atoms with Gasteiger partial charge in [-0.05, 0) is 30.5 Å². The maximum atomic E-state index is 11.8. The smallest absolute Gasteiger partial charge is 0.154 e. The Morgan fingerprint density at radius 3 is 2.67 bits per heavy atom. The number of nitrogens with one attached hydrogen (secondary N) is 1.